The van der Waals surface area contributed by atoms with E-state index >= 15 is 0 Å². The van der Waals surface area contributed by atoms with Gasteiger partial charge in [-0.3, -0.25) is 4.79 Å². The first-order chi connectivity index (χ1) is 14.0. The number of carbonyl (C=O) groups is 1. The third kappa shape index (κ3) is 3.56. The summed E-state index contributed by atoms with van der Waals surface area (Å²) < 4.78 is 5.36. The number of nitrogen functional groups attached to an aromatic ring is 1. The summed E-state index contributed by atoms with van der Waals surface area (Å²) in [5, 5.41) is 3.35. The number of hydrogen-bond donors (Lipinski definition) is 3. The molecule has 2 aromatic carbocycles. The minimum atomic E-state index is -0.103. The first kappa shape index (κ1) is 18.7. The van der Waals surface area contributed by atoms with Crippen LogP contribution < -0.4 is 21.5 Å². The number of nitrogens with two attached hydrogens (primary N) is 2. The van der Waals surface area contributed by atoms with E-state index in [1.807, 2.05) is 42.5 Å². The van der Waals surface area contributed by atoms with Crippen molar-refractivity contribution in [3.05, 3.63) is 53.6 Å². The van der Waals surface area contributed by atoms with E-state index < -0.39 is 0 Å². The van der Waals surface area contributed by atoms with Gasteiger partial charge < -0.3 is 21.5 Å². The topological polar surface area (TPSA) is 129 Å². The molecule has 2 atom stereocenters. The maximum absolute atomic E-state index is 11.7. The Hall–Kier alpha value is -3.68. The normalized spacial score (nSPS) is 18.5. The number of amides is 1. The van der Waals surface area contributed by atoms with E-state index in [0.717, 1.165) is 17.4 Å². The number of amidine groups is 1. The zero-order chi connectivity index (χ0) is 20.5. The summed E-state index contributed by atoms with van der Waals surface area (Å²) >= 11 is 0. The van der Waals surface area contributed by atoms with E-state index in [-0.39, 0.29) is 23.7 Å². The van der Waals surface area contributed by atoms with Crippen molar-refractivity contribution >= 4 is 34.4 Å². The number of carbonyl (C=O) groups excluding carboxylic acids is 1. The van der Waals surface area contributed by atoms with Crippen molar-refractivity contribution < 1.29 is 9.53 Å². The van der Waals surface area contributed by atoms with Gasteiger partial charge in [0, 0.05) is 23.9 Å². The average molecular weight is 390 g/mol. The minimum absolute atomic E-state index is 0.103. The van der Waals surface area contributed by atoms with Crippen LogP contribution in [0.1, 0.15) is 28.3 Å². The van der Waals surface area contributed by atoms with Crippen LogP contribution in [0.5, 0.6) is 5.75 Å². The zero-order valence-electron chi connectivity index (χ0n) is 16.2. The molecule has 2 unspecified atom stereocenters. The number of methoxy groups -OCH3 is 1. The molecular formula is C21H22N6O2. The predicted molar refractivity (Wildman–Crippen MR) is 112 cm³/mol. The number of fused-ring (bicyclic) bond motifs is 1. The first-order valence-electron chi connectivity index (χ1n) is 9.28. The van der Waals surface area contributed by atoms with Crippen molar-refractivity contribution in [1.29, 1.82) is 0 Å². The molecule has 1 aliphatic carbocycles. The highest BCUT2D eigenvalue weighted by Gasteiger charge is 2.41. The second-order valence-electron chi connectivity index (χ2n) is 6.95. The van der Waals surface area contributed by atoms with Crippen molar-refractivity contribution in [3.8, 4) is 5.75 Å². The number of nitrogens with one attached hydrogen (secondary N) is 1. The van der Waals surface area contributed by atoms with Crippen LogP contribution in [0.3, 0.4) is 0 Å². The van der Waals surface area contributed by atoms with E-state index in [2.05, 4.69) is 20.3 Å². The number of rotatable bonds is 5. The summed E-state index contributed by atoms with van der Waals surface area (Å²) in [6, 6.07) is 13.1. The van der Waals surface area contributed by atoms with Crippen LogP contribution in [-0.4, -0.2) is 35.9 Å². The molecule has 8 heteroatoms. The molecular weight excluding hydrogens is 368 g/mol. The van der Waals surface area contributed by atoms with Crippen LogP contribution in [0.15, 0.2) is 47.5 Å². The zero-order valence-corrected chi connectivity index (χ0v) is 16.2. The first-order valence-corrected chi connectivity index (χ1v) is 9.28. The molecule has 3 aromatic rings. The quantitative estimate of drug-likeness (QED) is 0.453. The van der Waals surface area contributed by atoms with Crippen LogP contribution in [0.25, 0.3) is 10.9 Å². The summed E-state index contributed by atoms with van der Waals surface area (Å²) in [7, 11) is 3.19. The summed E-state index contributed by atoms with van der Waals surface area (Å²) in [5.41, 5.74) is 14.5. The van der Waals surface area contributed by atoms with Crippen molar-refractivity contribution in [2.45, 2.75) is 12.3 Å². The molecule has 5 N–H and O–H groups in total. The fraction of sp³-hybridized carbons (Fsp3) is 0.238. The number of aromatic nitrogens is 2. The highest BCUT2D eigenvalue weighted by Crippen LogP contribution is 2.48. The smallest absolute Gasteiger partial charge is 0.251 e. The molecule has 4 rings (SSSR count). The van der Waals surface area contributed by atoms with Crippen LogP contribution in [0, 0.1) is 5.92 Å². The Morgan fingerprint density at radius 2 is 1.97 bits per heavy atom. The van der Waals surface area contributed by atoms with Crippen molar-refractivity contribution in [2.24, 2.45) is 16.6 Å². The Balaban J connectivity index is 1.60. The Morgan fingerprint density at radius 1 is 1.21 bits per heavy atom. The molecule has 1 amide bonds. The van der Waals surface area contributed by atoms with Gasteiger partial charge >= 0.3 is 0 Å². The summed E-state index contributed by atoms with van der Waals surface area (Å²) in [6.07, 6.45) is 0.899. The molecule has 1 fully saturated rings. The van der Waals surface area contributed by atoms with Crippen LogP contribution in [0.4, 0.5) is 11.8 Å². The minimum Gasteiger partial charge on any atom is -0.494 e. The lowest BCUT2D eigenvalue weighted by atomic mass is 10.1. The fourth-order valence-corrected chi connectivity index (χ4v) is 3.50. The molecule has 1 heterocycles. The second kappa shape index (κ2) is 7.38. The molecule has 0 spiro atoms. The number of nitrogens with zero attached hydrogens (tertiary/aromatic N) is 3. The molecule has 1 aromatic heterocycles. The van der Waals surface area contributed by atoms with Gasteiger partial charge in [0.1, 0.15) is 17.1 Å². The molecule has 8 nitrogen and oxygen atoms in total. The van der Waals surface area contributed by atoms with Gasteiger partial charge in [0.15, 0.2) is 5.82 Å². The number of ether oxygens (including phenoxy) is 1. The van der Waals surface area contributed by atoms with E-state index in [9.17, 15) is 4.79 Å². The summed E-state index contributed by atoms with van der Waals surface area (Å²) in [5.74, 6) is 1.96. The highest BCUT2D eigenvalue weighted by molar-refractivity contribution is 5.97. The van der Waals surface area contributed by atoms with Crippen LogP contribution >= 0.6 is 0 Å². The van der Waals surface area contributed by atoms with Gasteiger partial charge in [-0.2, -0.15) is 4.98 Å². The predicted octanol–water partition coefficient (Wildman–Crippen LogP) is 2.37. The maximum atomic E-state index is 11.7. The third-order valence-electron chi connectivity index (χ3n) is 5.14. The van der Waals surface area contributed by atoms with Crippen LogP contribution in [-0.2, 0) is 0 Å². The second-order valence-corrected chi connectivity index (χ2v) is 6.95. The van der Waals surface area contributed by atoms with E-state index in [0.29, 0.717) is 28.5 Å². The lowest BCUT2D eigenvalue weighted by molar-refractivity contribution is 0.0963. The number of anilines is 1. The van der Waals surface area contributed by atoms with Crippen molar-refractivity contribution in [3.63, 3.8) is 0 Å². The lowest BCUT2D eigenvalue weighted by Gasteiger charge is -2.08. The molecule has 0 aliphatic heterocycles. The number of benzene rings is 2. The standard InChI is InChI=1S/C21H22N6O2/c1-24-20(28)12-8-6-11(7-9-12)14-10-15(14)18(22)26-19-13-4-3-5-16(29-2)17(13)25-21(23)27-19/h3-9,14-15H,10H2,1-2H3,(H,24,28)(H4,22,23,25,26,27). The number of hydrogen-bond acceptors (Lipinski definition) is 6. The van der Waals surface area contributed by atoms with Crippen molar-refractivity contribution in [1.82, 2.24) is 15.3 Å². The Kier molecular flexibility index (Phi) is 4.75. The molecule has 0 saturated heterocycles. The molecule has 0 bridgehead atoms. The van der Waals surface area contributed by atoms with Gasteiger partial charge in [-0.25, -0.2) is 9.98 Å². The van der Waals surface area contributed by atoms with Gasteiger partial charge in [-0.05, 0) is 42.2 Å². The number of para-hydroxylation sites is 1. The van der Waals surface area contributed by atoms with Gasteiger partial charge in [-0.15, -0.1) is 0 Å². The van der Waals surface area contributed by atoms with Gasteiger partial charge in [0.2, 0.25) is 5.95 Å². The van der Waals surface area contributed by atoms with Gasteiger partial charge in [0.05, 0.1) is 7.11 Å². The Labute approximate surface area is 168 Å². The monoisotopic (exact) mass is 390 g/mol. The molecule has 0 radical (unpaired) electrons. The average Bonchev–Trinajstić information content (AvgIpc) is 3.54. The Morgan fingerprint density at radius 3 is 2.66 bits per heavy atom. The van der Waals surface area contributed by atoms with E-state index in [4.69, 9.17) is 16.2 Å². The molecule has 1 saturated carbocycles. The van der Waals surface area contributed by atoms with Crippen molar-refractivity contribution in [2.75, 3.05) is 19.9 Å². The highest BCUT2D eigenvalue weighted by atomic mass is 16.5. The lowest BCUT2D eigenvalue weighted by Crippen LogP contribution is -2.17. The van der Waals surface area contributed by atoms with Gasteiger partial charge in [-0.1, -0.05) is 18.2 Å². The molecule has 148 valence electrons. The Bertz CT molecular complexity index is 1110. The summed E-state index contributed by atoms with van der Waals surface area (Å²) in [6.45, 7) is 0. The van der Waals surface area contributed by atoms with Crippen LogP contribution in [0.2, 0.25) is 0 Å². The fourth-order valence-electron chi connectivity index (χ4n) is 3.50. The molecule has 1 aliphatic rings. The number of aliphatic imine (C=N–C) groups is 1. The summed E-state index contributed by atoms with van der Waals surface area (Å²) in [4.78, 5) is 24.8. The van der Waals surface area contributed by atoms with Gasteiger partial charge in [0.25, 0.3) is 5.91 Å². The van der Waals surface area contributed by atoms with E-state index in [1.165, 1.54) is 0 Å². The largest absolute Gasteiger partial charge is 0.494 e. The third-order valence-corrected chi connectivity index (χ3v) is 5.14. The van der Waals surface area contributed by atoms with E-state index in [1.54, 1.807) is 14.2 Å². The SMILES string of the molecule is CNC(=O)c1ccc(C2CC2C(N)=Nc2nc(N)nc3c(OC)cccc23)cc1. The maximum Gasteiger partial charge on any atom is 0.251 e. The molecule has 29 heavy (non-hydrogen) atoms.